The van der Waals surface area contributed by atoms with E-state index in [-0.39, 0.29) is 5.78 Å². The minimum absolute atomic E-state index is 0.100. The highest BCUT2D eigenvalue weighted by Gasteiger charge is 2.16. The van der Waals surface area contributed by atoms with Crippen molar-refractivity contribution in [3.05, 3.63) is 58.9 Å². The highest BCUT2D eigenvalue weighted by molar-refractivity contribution is 6.09. The number of aryl methyl sites for hydroxylation is 3. The fraction of sp³-hybridized carbons (Fsp3) is 0.214. The molecule has 1 aromatic heterocycles. The number of ketones is 1. The lowest BCUT2D eigenvalue weighted by Gasteiger charge is -2.07. The highest BCUT2D eigenvalue weighted by Crippen LogP contribution is 2.17. The SMILES string of the molecule is Cc1ccccc1C(=O)c1c(C)ccn1C. The number of hydrogen-bond acceptors (Lipinski definition) is 1. The van der Waals surface area contributed by atoms with Crippen molar-refractivity contribution >= 4 is 5.78 Å². The fourth-order valence-corrected chi connectivity index (χ4v) is 1.95. The van der Waals surface area contributed by atoms with Gasteiger partial charge in [0.1, 0.15) is 0 Å². The Labute approximate surface area is 95.5 Å². The lowest BCUT2D eigenvalue weighted by Crippen LogP contribution is -2.09. The summed E-state index contributed by atoms with van der Waals surface area (Å²) >= 11 is 0. The Kier molecular flexibility index (Phi) is 2.65. The zero-order valence-corrected chi connectivity index (χ0v) is 9.82. The van der Waals surface area contributed by atoms with Gasteiger partial charge in [0.2, 0.25) is 5.78 Å². The van der Waals surface area contributed by atoms with Gasteiger partial charge in [0.15, 0.2) is 0 Å². The largest absolute Gasteiger partial charge is 0.348 e. The number of benzene rings is 1. The van der Waals surface area contributed by atoms with Crippen molar-refractivity contribution in [3.63, 3.8) is 0 Å². The second-order valence-electron chi connectivity index (χ2n) is 4.10. The van der Waals surface area contributed by atoms with Crippen molar-refractivity contribution in [2.75, 3.05) is 0 Å². The van der Waals surface area contributed by atoms with Gasteiger partial charge in [-0.1, -0.05) is 24.3 Å². The summed E-state index contributed by atoms with van der Waals surface area (Å²) < 4.78 is 1.88. The van der Waals surface area contributed by atoms with Gasteiger partial charge in [-0.3, -0.25) is 4.79 Å². The molecule has 0 aliphatic carbocycles. The molecule has 0 amide bonds. The first-order valence-electron chi connectivity index (χ1n) is 5.33. The maximum atomic E-state index is 12.3. The highest BCUT2D eigenvalue weighted by atomic mass is 16.1. The Hall–Kier alpha value is -1.83. The van der Waals surface area contributed by atoms with Gasteiger partial charge in [-0.05, 0) is 31.0 Å². The molecule has 0 fully saturated rings. The number of carbonyl (C=O) groups is 1. The third-order valence-electron chi connectivity index (χ3n) is 2.88. The third-order valence-corrected chi connectivity index (χ3v) is 2.88. The van der Waals surface area contributed by atoms with E-state index in [9.17, 15) is 4.79 Å². The van der Waals surface area contributed by atoms with E-state index in [0.29, 0.717) is 0 Å². The van der Waals surface area contributed by atoms with E-state index in [1.807, 2.05) is 62.0 Å². The monoisotopic (exact) mass is 213 g/mol. The van der Waals surface area contributed by atoms with Gasteiger partial charge >= 0.3 is 0 Å². The van der Waals surface area contributed by atoms with E-state index in [4.69, 9.17) is 0 Å². The number of nitrogens with zero attached hydrogens (tertiary/aromatic N) is 1. The van der Waals surface area contributed by atoms with E-state index < -0.39 is 0 Å². The van der Waals surface area contributed by atoms with Gasteiger partial charge < -0.3 is 4.57 Å². The molecule has 1 aromatic carbocycles. The zero-order valence-electron chi connectivity index (χ0n) is 9.82. The molecule has 2 rings (SSSR count). The van der Waals surface area contributed by atoms with Crippen molar-refractivity contribution in [1.82, 2.24) is 4.57 Å². The van der Waals surface area contributed by atoms with Crippen molar-refractivity contribution in [3.8, 4) is 0 Å². The van der Waals surface area contributed by atoms with Gasteiger partial charge in [0, 0.05) is 18.8 Å². The molecule has 16 heavy (non-hydrogen) atoms. The Morgan fingerprint density at radius 1 is 1.06 bits per heavy atom. The molecule has 0 atom stereocenters. The van der Waals surface area contributed by atoms with Crippen LogP contribution in [0.15, 0.2) is 36.5 Å². The maximum Gasteiger partial charge on any atom is 0.209 e. The molecule has 82 valence electrons. The molecule has 0 saturated carbocycles. The van der Waals surface area contributed by atoms with Gasteiger partial charge in [-0.2, -0.15) is 0 Å². The van der Waals surface area contributed by atoms with Crippen LogP contribution < -0.4 is 0 Å². The number of aromatic nitrogens is 1. The number of rotatable bonds is 2. The van der Waals surface area contributed by atoms with Crippen LogP contribution in [0.3, 0.4) is 0 Å². The molecule has 0 unspecified atom stereocenters. The van der Waals surface area contributed by atoms with Crippen LogP contribution in [0.4, 0.5) is 0 Å². The standard InChI is InChI=1S/C14H15NO/c1-10-6-4-5-7-12(10)14(16)13-11(2)8-9-15(13)3/h4-9H,1-3H3. The second kappa shape index (κ2) is 3.97. The predicted octanol–water partition coefficient (Wildman–Crippen LogP) is 2.87. The van der Waals surface area contributed by atoms with Gasteiger partial charge in [-0.25, -0.2) is 0 Å². The normalized spacial score (nSPS) is 10.4. The minimum atomic E-state index is 0.100. The van der Waals surface area contributed by atoms with Crippen molar-refractivity contribution in [1.29, 1.82) is 0 Å². The molecule has 1 heterocycles. The van der Waals surface area contributed by atoms with Crippen LogP contribution in [0.2, 0.25) is 0 Å². The molecule has 2 aromatic rings. The lowest BCUT2D eigenvalue weighted by atomic mass is 10.0. The van der Waals surface area contributed by atoms with Crippen LogP contribution >= 0.6 is 0 Å². The zero-order chi connectivity index (χ0) is 11.7. The smallest absolute Gasteiger partial charge is 0.209 e. The average molecular weight is 213 g/mol. The van der Waals surface area contributed by atoms with Crippen LogP contribution in [0, 0.1) is 13.8 Å². The van der Waals surface area contributed by atoms with E-state index in [1.54, 1.807) is 0 Å². The van der Waals surface area contributed by atoms with Gasteiger partial charge in [-0.15, -0.1) is 0 Å². The fourth-order valence-electron chi connectivity index (χ4n) is 1.95. The molecule has 0 aliphatic rings. The quantitative estimate of drug-likeness (QED) is 0.703. The van der Waals surface area contributed by atoms with E-state index >= 15 is 0 Å². The summed E-state index contributed by atoms with van der Waals surface area (Å²) in [5.74, 6) is 0.100. The lowest BCUT2D eigenvalue weighted by molar-refractivity contribution is 0.103. The molecule has 0 aliphatic heterocycles. The van der Waals surface area contributed by atoms with E-state index in [0.717, 1.165) is 22.4 Å². The van der Waals surface area contributed by atoms with Crippen LogP contribution in [-0.2, 0) is 7.05 Å². The number of carbonyl (C=O) groups excluding carboxylic acids is 1. The summed E-state index contributed by atoms with van der Waals surface area (Å²) in [6, 6.07) is 9.66. The first-order chi connectivity index (χ1) is 7.61. The summed E-state index contributed by atoms with van der Waals surface area (Å²) in [7, 11) is 1.90. The maximum absolute atomic E-state index is 12.3. The second-order valence-corrected chi connectivity index (χ2v) is 4.10. The van der Waals surface area contributed by atoms with E-state index in [1.165, 1.54) is 0 Å². The molecule has 0 spiro atoms. The van der Waals surface area contributed by atoms with E-state index in [2.05, 4.69) is 0 Å². The topological polar surface area (TPSA) is 22.0 Å². The van der Waals surface area contributed by atoms with Crippen LogP contribution in [-0.4, -0.2) is 10.4 Å². The van der Waals surface area contributed by atoms with Crippen LogP contribution in [0.5, 0.6) is 0 Å². The average Bonchev–Trinajstić information content (AvgIpc) is 2.58. The Bertz CT molecular complexity index is 518. The molecule has 2 heteroatoms. The summed E-state index contributed by atoms with van der Waals surface area (Å²) in [6.07, 6.45) is 1.92. The molecule has 0 N–H and O–H groups in total. The van der Waals surface area contributed by atoms with Crippen molar-refractivity contribution in [2.45, 2.75) is 13.8 Å². The van der Waals surface area contributed by atoms with Crippen LogP contribution in [0.1, 0.15) is 27.2 Å². The third kappa shape index (κ3) is 1.67. The van der Waals surface area contributed by atoms with Gasteiger partial charge in [0.25, 0.3) is 0 Å². The van der Waals surface area contributed by atoms with Gasteiger partial charge in [0.05, 0.1) is 5.69 Å². The molecular weight excluding hydrogens is 198 g/mol. The molecule has 0 saturated heterocycles. The summed E-state index contributed by atoms with van der Waals surface area (Å²) in [5.41, 5.74) is 3.60. The molecule has 0 bridgehead atoms. The summed E-state index contributed by atoms with van der Waals surface area (Å²) in [6.45, 7) is 3.93. The summed E-state index contributed by atoms with van der Waals surface area (Å²) in [5, 5.41) is 0. The minimum Gasteiger partial charge on any atom is -0.348 e. The molecule has 0 radical (unpaired) electrons. The molecular formula is C14H15NO. The Morgan fingerprint density at radius 2 is 1.75 bits per heavy atom. The summed E-state index contributed by atoms with van der Waals surface area (Å²) in [4.78, 5) is 12.3. The van der Waals surface area contributed by atoms with Crippen molar-refractivity contribution in [2.24, 2.45) is 7.05 Å². The first kappa shape index (κ1) is 10.7. The first-order valence-corrected chi connectivity index (χ1v) is 5.33. The van der Waals surface area contributed by atoms with Crippen molar-refractivity contribution < 1.29 is 4.79 Å². The Balaban J connectivity index is 2.52. The number of hydrogen-bond donors (Lipinski definition) is 0. The van der Waals surface area contributed by atoms with Crippen LogP contribution in [0.25, 0.3) is 0 Å². The predicted molar refractivity (Wildman–Crippen MR) is 64.8 cm³/mol. The molecule has 2 nitrogen and oxygen atoms in total. The Morgan fingerprint density at radius 3 is 2.31 bits per heavy atom.